The molecule has 0 amide bonds. The molecule has 108 valence electrons. The zero-order valence-electron chi connectivity index (χ0n) is 12.8. The van der Waals surface area contributed by atoms with E-state index in [0.29, 0.717) is 17.8 Å². The van der Waals surface area contributed by atoms with Gasteiger partial charge in [0.15, 0.2) is 0 Å². The molecule has 1 heterocycles. The third kappa shape index (κ3) is 4.34. The number of aryl methyl sites for hydroxylation is 1. The van der Waals surface area contributed by atoms with Crippen molar-refractivity contribution in [2.24, 2.45) is 0 Å². The highest BCUT2D eigenvalue weighted by molar-refractivity contribution is 6.18. The molecule has 0 atom stereocenters. The largest absolute Gasteiger partial charge is 0.352 e. The van der Waals surface area contributed by atoms with Crippen molar-refractivity contribution in [2.75, 3.05) is 17.3 Å². The lowest BCUT2D eigenvalue weighted by Gasteiger charge is -2.31. The Bertz CT molecular complexity index is 389. The Kier molecular flexibility index (Phi) is 6.56. The van der Waals surface area contributed by atoms with E-state index in [1.54, 1.807) is 0 Å². The van der Waals surface area contributed by atoms with E-state index < -0.39 is 0 Å². The van der Waals surface area contributed by atoms with Gasteiger partial charge in [0, 0.05) is 36.1 Å². The monoisotopic (exact) mass is 283 g/mol. The minimum Gasteiger partial charge on any atom is -0.352 e. The van der Waals surface area contributed by atoms with Gasteiger partial charge in [0.2, 0.25) is 0 Å². The maximum Gasteiger partial charge on any atom is 0.133 e. The molecule has 0 spiro atoms. The van der Waals surface area contributed by atoms with Gasteiger partial charge >= 0.3 is 0 Å². The van der Waals surface area contributed by atoms with Crippen LogP contribution in [0.25, 0.3) is 0 Å². The van der Waals surface area contributed by atoms with Gasteiger partial charge in [-0.3, -0.25) is 0 Å². The zero-order chi connectivity index (χ0) is 14.4. The molecule has 0 saturated carbocycles. The van der Waals surface area contributed by atoms with Crippen molar-refractivity contribution in [1.82, 2.24) is 9.97 Å². The summed E-state index contributed by atoms with van der Waals surface area (Å²) in [5.41, 5.74) is 1.03. The smallest absolute Gasteiger partial charge is 0.133 e. The fourth-order valence-electron chi connectivity index (χ4n) is 2.28. The zero-order valence-corrected chi connectivity index (χ0v) is 13.5. The van der Waals surface area contributed by atoms with Crippen molar-refractivity contribution in [2.45, 2.75) is 59.4 Å². The molecule has 0 aliphatic heterocycles. The number of hydrogen-bond donors (Lipinski definition) is 0. The van der Waals surface area contributed by atoms with Crippen LogP contribution in [0.3, 0.4) is 0 Å². The van der Waals surface area contributed by atoms with E-state index in [9.17, 15) is 0 Å². The normalized spacial score (nSPS) is 11.4. The lowest BCUT2D eigenvalue weighted by molar-refractivity contribution is 0.559. The molecule has 19 heavy (non-hydrogen) atoms. The highest BCUT2D eigenvalue weighted by atomic mass is 35.5. The van der Waals surface area contributed by atoms with Crippen LogP contribution in [0.1, 0.15) is 58.0 Å². The second-order valence-electron chi connectivity index (χ2n) is 5.23. The topological polar surface area (TPSA) is 29.0 Å². The van der Waals surface area contributed by atoms with Crippen LogP contribution in [0.4, 0.5) is 5.82 Å². The van der Waals surface area contributed by atoms with Crippen molar-refractivity contribution in [3.8, 4) is 0 Å². The summed E-state index contributed by atoms with van der Waals surface area (Å²) in [7, 11) is 0. The van der Waals surface area contributed by atoms with Gasteiger partial charge in [0.25, 0.3) is 0 Å². The minimum absolute atomic E-state index is 0.346. The van der Waals surface area contributed by atoms with Gasteiger partial charge in [-0.25, -0.2) is 9.97 Å². The SMILES string of the molecule is CCC(CC)N(CCCl)c1cc(C)nc(C(C)C)n1. The molecular weight excluding hydrogens is 258 g/mol. The Labute approximate surface area is 122 Å². The first-order valence-electron chi connectivity index (χ1n) is 7.21. The average Bonchev–Trinajstić information content (AvgIpc) is 2.38. The number of halogens is 1. The fourth-order valence-corrected chi connectivity index (χ4v) is 2.47. The minimum atomic E-state index is 0.346. The summed E-state index contributed by atoms with van der Waals surface area (Å²) < 4.78 is 0. The molecule has 0 N–H and O–H groups in total. The molecule has 0 aliphatic rings. The second-order valence-corrected chi connectivity index (χ2v) is 5.61. The summed E-state index contributed by atoms with van der Waals surface area (Å²) in [5, 5.41) is 0. The van der Waals surface area contributed by atoms with Crippen LogP contribution in [-0.2, 0) is 0 Å². The van der Waals surface area contributed by atoms with Crippen LogP contribution in [0.5, 0.6) is 0 Å². The Hall–Kier alpha value is -0.830. The van der Waals surface area contributed by atoms with E-state index in [0.717, 1.165) is 36.7 Å². The molecule has 0 saturated heterocycles. The molecule has 0 unspecified atom stereocenters. The summed E-state index contributed by atoms with van der Waals surface area (Å²) in [6, 6.07) is 2.56. The van der Waals surface area contributed by atoms with Gasteiger partial charge in [-0.2, -0.15) is 0 Å². The van der Waals surface area contributed by atoms with Gasteiger partial charge in [-0.05, 0) is 19.8 Å². The van der Waals surface area contributed by atoms with Gasteiger partial charge < -0.3 is 4.90 Å². The van der Waals surface area contributed by atoms with Crippen LogP contribution >= 0.6 is 11.6 Å². The van der Waals surface area contributed by atoms with Crippen molar-refractivity contribution in [3.05, 3.63) is 17.6 Å². The molecule has 1 rings (SSSR count). The lowest BCUT2D eigenvalue weighted by Crippen LogP contribution is -2.37. The Morgan fingerprint density at radius 2 is 1.84 bits per heavy atom. The van der Waals surface area contributed by atoms with Crippen LogP contribution in [0.15, 0.2) is 6.07 Å². The predicted molar refractivity (Wildman–Crippen MR) is 83.3 cm³/mol. The van der Waals surface area contributed by atoms with Crippen molar-refractivity contribution in [1.29, 1.82) is 0 Å². The highest BCUT2D eigenvalue weighted by Crippen LogP contribution is 2.21. The molecule has 0 bridgehead atoms. The maximum absolute atomic E-state index is 5.96. The van der Waals surface area contributed by atoms with Crippen LogP contribution in [0, 0.1) is 6.92 Å². The molecule has 0 fully saturated rings. The number of alkyl halides is 1. The predicted octanol–water partition coefficient (Wildman–Crippen LogP) is 4.14. The second kappa shape index (κ2) is 7.68. The molecule has 4 heteroatoms. The molecule has 0 aliphatic carbocycles. The fraction of sp³-hybridized carbons (Fsp3) is 0.733. The van der Waals surface area contributed by atoms with Gasteiger partial charge in [-0.1, -0.05) is 27.7 Å². The van der Waals surface area contributed by atoms with Crippen LogP contribution in [0.2, 0.25) is 0 Å². The Morgan fingerprint density at radius 3 is 2.32 bits per heavy atom. The lowest BCUT2D eigenvalue weighted by atomic mass is 10.1. The molecule has 1 aromatic heterocycles. The quantitative estimate of drug-likeness (QED) is 0.704. The first-order chi connectivity index (χ1) is 9.03. The van der Waals surface area contributed by atoms with E-state index in [1.807, 2.05) is 6.92 Å². The summed E-state index contributed by atoms with van der Waals surface area (Å²) in [6.07, 6.45) is 2.21. The first-order valence-corrected chi connectivity index (χ1v) is 7.75. The number of anilines is 1. The maximum atomic E-state index is 5.96. The summed E-state index contributed by atoms with van der Waals surface area (Å²) in [5.74, 6) is 2.90. The summed E-state index contributed by atoms with van der Waals surface area (Å²) >= 11 is 5.96. The molecule has 0 aromatic carbocycles. The number of rotatable bonds is 7. The average molecular weight is 284 g/mol. The molecular formula is C15H26ClN3. The number of aromatic nitrogens is 2. The van der Waals surface area contributed by atoms with Gasteiger partial charge in [0.05, 0.1) is 0 Å². The van der Waals surface area contributed by atoms with E-state index in [-0.39, 0.29) is 0 Å². The van der Waals surface area contributed by atoms with Crippen LogP contribution < -0.4 is 4.90 Å². The molecule has 3 nitrogen and oxygen atoms in total. The van der Waals surface area contributed by atoms with Crippen LogP contribution in [-0.4, -0.2) is 28.4 Å². The first kappa shape index (κ1) is 16.2. The highest BCUT2D eigenvalue weighted by Gasteiger charge is 2.18. The Balaban J connectivity index is 3.14. The van der Waals surface area contributed by atoms with Crippen molar-refractivity contribution >= 4 is 17.4 Å². The van der Waals surface area contributed by atoms with E-state index in [1.165, 1.54) is 0 Å². The van der Waals surface area contributed by atoms with E-state index >= 15 is 0 Å². The third-order valence-electron chi connectivity index (χ3n) is 3.38. The molecule has 0 radical (unpaired) electrons. The number of hydrogen-bond acceptors (Lipinski definition) is 3. The van der Waals surface area contributed by atoms with E-state index in [2.05, 4.69) is 43.6 Å². The third-order valence-corrected chi connectivity index (χ3v) is 3.55. The van der Waals surface area contributed by atoms with E-state index in [4.69, 9.17) is 16.6 Å². The summed E-state index contributed by atoms with van der Waals surface area (Å²) in [6.45, 7) is 11.5. The molecule has 1 aromatic rings. The van der Waals surface area contributed by atoms with Crippen molar-refractivity contribution < 1.29 is 0 Å². The van der Waals surface area contributed by atoms with Gasteiger partial charge in [0.1, 0.15) is 11.6 Å². The number of nitrogens with zero attached hydrogens (tertiary/aromatic N) is 3. The summed E-state index contributed by atoms with van der Waals surface area (Å²) in [4.78, 5) is 11.6. The van der Waals surface area contributed by atoms with Gasteiger partial charge in [-0.15, -0.1) is 11.6 Å². The Morgan fingerprint density at radius 1 is 1.21 bits per heavy atom. The van der Waals surface area contributed by atoms with Crippen molar-refractivity contribution in [3.63, 3.8) is 0 Å². The standard InChI is InChI=1S/C15H26ClN3/c1-6-13(7-2)19(9-8-16)14-10-12(5)17-15(18-14)11(3)4/h10-11,13H,6-9H2,1-5H3.